The van der Waals surface area contributed by atoms with Crippen LogP contribution >= 0.6 is 0 Å². The standard InChI is InChI=1S/C14H18N4O2/c1-3-6-12-13(14(19)20-2)16-17-18(12)10-8-11-7-4-5-9-15-11/h4-5,7,9H,3,6,8,10H2,1-2H3. The average molecular weight is 274 g/mol. The van der Waals surface area contributed by atoms with Crippen molar-refractivity contribution in [1.82, 2.24) is 20.0 Å². The second-order valence-electron chi connectivity index (χ2n) is 4.42. The molecule has 0 saturated heterocycles. The fourth-order valence-corrected chi connectivity index (χ4v) is 2.02. The summed E-state index contributed by atoms with van der Waals surface area (Å²) in [6, 6.07) is 5.81. The molecule has 6 nitrogen and oxygen atoms in total. The van der Waals surface area contributed by atoms with E-state index < -0.39 is 5.97 Å². The molecule has 0 spiro atoms. The molecule has 0 atom stereocenters. The maximum absolute atomic E-state index is 11.6. The number of carbonyl (C=O) groups is 1. The number of nitrogens with zero attached hydrogens (tertiary/aromatic N) is 4. The van der Waals surface area contributed by atoms with Gasteiger partial charge < -0.3 is 4.74 Å². The Labute approximate surface area is 117 Å². The molecule has 0 unspecified atom stereocenters. The van der Waals surface area contributed by atoms with E-state index in [1.54, 1.807) is 10.9 Å². The Bertz CT molecular complexity index is 566. The monoisotopic (exact) mass is 274 g/mol. The number of ether oxygens (including phenoxy) is 1. The molecule has 0 bridgehead atoms. The van der Waals surface area contributed by atoms with Crippen LogP contribution in [0.4, 0.5) is 0 Å². The maximum Gasteiger partial charge on any atom is 0.360 e. The average Bonchev–Trinajstić information content (AvgIpc) is 2.89. The molecule has 0 fully saturated rings. The Morgan fingerprint density at radius 3 is 2.85 bits per heavy atom. The highest BCUT2D eigenvalue weighted by Gasteiger charge is 2.19. The summed E-state index contributed by atoms with van der Waals surface area (Å²) in [6.07, 6.45) is 4.19. The van der Waals surface area contributed by atoms with Crippen LogP contribution in [-0.2, 0) is 24.1 Å². The van der Waals surface area contributed by atoms with Crippen LogP contribution in [0.2, 0.25) is 0 Å². The van der Waals surface area contributed by atoms with Crippen LogP contribution in [0.3, 0.4) is 0 Å². The molecule has 0 aromatic carbocycles. The first-order valence-electron chi connectivity index (χ1n) is 6.66. The van der Waals surface area contributed by atoms with Gasteiger partial charge in [-0.1, -0.05) is 24.6 Å². The minimum absolute atomic E-state index is 0.315. The lowest BCUT2D eigenvalue weighted by molar-refractivity contribution is 0.0592. The highest BCUT2D eigenvalue weighted by atomic mass is 16.5. The van der Waals surface area contributed by atoms with Gasteiger partial charge in [-0.2, -0.15) is 0 Å². The van der Waals surface area contributed by atoms with Crippen LogP contribution in [0, 0.1) is 0 Å². The molecule has 2 aromatic heterocycles. The molecule has 2 heterocycles. The van der Waals surface area contributed by atoms with Gasteiger partial charge in [-0.3, -0.25) is 4.98 Å². The molecule has 0 amide bonds. The van der Waals surface area contributed by atoms with E-state index in [0.717, 1.165) is 30.7 Å². The molecule has 106 valence electrons. The molecule has 2 rings (SSSR count). The van der Waals surface area contributed by atoms with Gasteiger partial charge in [-0.25, -0.2) is 9.48 Å². The van der Waals surface area contributed by atoms with Gasteiger partial charge in [0.25, 0.3) is 0 Å². The summed E-state index contributed by atoms with van der Waals surface area (Å²) in [4.78, 5) is 15.9. The molecular formula is C14H18N4O2. The molecule has 0 saturated carbocycles. The van der Waals surface area contributed by atoms with Crippen molar-refractivity contribution in [1.29, 1.82) is 0 Å². The Kier molecular flexibility index (Phi) is 4.81. The molecule has 0 aliphatic rings. The molecular weight excluding hydrogens is 256 g/mol. The molecule has 0 radical (unpaired) electrons. The largest absolute Gasteiger partial charge is 0.464 e. The SMILES string of the molecule is CCCc1c(C(=O)OC)nnn1CCc1ccccn1. The van der Waals surface area contributed by atoms with Crippen molar-refractivity contribution >= 4 is 5.97 Å². The quantitative estimate of drug-likeness (QED) is 0.749. The number of esters is 1. The topological polar surface area (TPSA) is 69.9 Å². The Morgan fingerprint density at radius 1 is 1.35 bits per heavy atom. The van der Waals surface area contributed by atoms with Crippen molar-refractivity contribution in [2.24, 2.45) is 0 Å². The molecule has 20 heavy (non-hydrogen) atoms. The summed E-state index contributed by atoms with van der Waals surface area (Å²) in [5, 5.41) is 7.99. The first-order valence-corrected chi connectivity index (χ1v) is 6.66. The van der Waals surface area contributed by atoms with E-state index in [2.05, 4.69) is 22.2 Å². The Balaban J connectivity index is 2.15. The van der Waals surface area contributed by atoms with E-state index in [-0.39, 0.29) is 0 Å². The lowest BCUT2D eigenvalue weighted by Crippen LogP contribution is -2.11. The molecule has 0 aliphatic heterocycles. The first kappa shape index (κ1) is 14.2. The lowest BCUT2D eigenvalue weighted by Gasteiger charge is -2.06. The number of hydrogen-bond donors (Lipinski definition) is 0. The van der Waals surface area contributed by atoms with Crippen molar-refractivity contribution < 1.29 is 9.53 Å². The molecule has 0 N–H and O–H groups in total. The van der Waals surface area contributed by atoms with E-state index in [0.29, 0.717) is 12.2 Å². The van der Waals surface area contributed by atoms with Crippen molar-refractivity contribution in [3.8, 4) is 0 Å². The zero-order valence-electron chi connectivity index (χ0n) is 11.7. The summed E-state index contributed by atoms with van der Waals surface area (Å²) in [5.74, 6) is -0.433. The Hall–Kier alpha value is -2.24. The van der Waals surface area contributed by atoms with E-state index in [9.17, 15) is 4.79 Å². The minimum Gasteiger partial charge on any atom is -0.464 e. The number of methoxy groups -OCH3 is 1. The van der Waals surface area contributed by atoms with E-state index in [1.165, 1.54) is 7.11 Å². The van der Waals surface area contributed by atoms with Crippen LogP contribution in [0.1, 0.15) is 35.2 Å². The van der Waals surface area contributed by atoms with Gasteiger partial charge in [-0.05, 0) is 18.6 Å². The number of pyridine rings is 1. The fraction of sp³-hybridized carbons (Fsp3) is 0.429. The van der Waals surface area contributed by atoms with Crippen LogP contribution in [-0.4, -0.2) is 33.1 Å². The summed E-state index contributed by atoms with van der Waals surface area (Å²) in [7, 11) is 1.35. The number of aryl methyl sites for hydroxylation is 2. The van der Waals surface area contributed by atoms with Gasteiger partial charge >= 0.3 is 5.97 Å². The van der Waals surface area contributed by atoms with Crippen LogP contribution in [0.15, 0.2) is 24.4 Å². The van der Waals surface area contributed by atoms with Gasteiger partial charge in [0.2, 0.25) is 0 Å². The maximum atomic E-state index is 11.6. The number of aromatic nitrogens is 4. The zero-order valence-corrected chi connectivity index (χ0v) is 11.7. The number of rotatable bonds is 6. The fourth-order valence-electron chi connectivity index (χ4n) is 2.02. The third kappa shape index (κ3) is 3.20. The second-order valence-corrected chi connectivity index (χ2v) is 4.42. The highest BCUT2D eigenvalue weighted by Crippen LogP contribution is 2.11. The van der Waals surface area contributed by atoms with Gasteiger partial charge in [-0.15, -0.1) is 5.10 Å². The van der Waals surface area contributed by atoms with E-state index >= 15 is 0 Å². The summed E-state index contributed by atoms with van der Waals surface area (Å²) >= 11 is 0. The summed E-state index contributed by atoms with van der Waals surface area (Å²) in [5.41, 5.74) is 2.13. The third-order valence-electron chi connectivity index (χ3n) is 3.01. The third-order valence-corrected chi connectivity index (χ3v) is 3.01. The molecule has 6 heteroatoms. The predicted molar refractivity (Wildman–Crippen MR) is 73.3 cm³/mol. The molecule has 2 aromatic rings. The van der Waals surface area contributed by atoms with Crippen molar-refractivity contribution in [2.45, 2.75) is 32.7 Å². The normalized spacial score (nSPS) is 10.5. The van der Waals surface area contributed by atoms with Gasteiger partial charge in [0, 0.05) is 24.9 Å². The van der Waals surface area contributed by atoms with Gasteiger partial charge in [0.05, 0.1) is 12.8 Å². The van der Waals surface area contributed by atoms with E-state index in [4.69, 9.17) is 4.74 Å². The minimum atomic E-state index is -0.433. The van der Waals surface area contributed by atoms with Crippen LogP contribution in [0.5, 0.6) is 0 Å². The Morgan fingerprint density at radius 2 is 2.20 bits per heavy atom. The van der Waals surface area contributed by atoms with Crippen molar-refractivity contribution in [3.63, 3.8) is 0 Å². The lowest BCUT2D eigenvalue weighted by atomic mass is 10.2. The second kappa shape index (κ2) is 6.79. The number of hydrogen-bond acceptors (Lipinski definition) is 5. The highest BCUT2D eigenvalue weighted by molar-refractivity contribution is 5.88. The van der Waals surface area contributed by atoms with Crippen molar-refractivity contribution in [2.75, 3.05) is 7.11 Å². The number of carbonyl (C=O) groups excluding carboxylic acids is 1. The molecule has 0 aliphatic carbocycles. The van der Waals surface area contributed by atoms with E-state index in [1.807, 2.05) is 18.2 Å². The van der Waals surface area contributed by atoms with Gasteiger partial charge in [0.1, 0.15) is 0 Å². The first-order chi connectivity index (χ1) is 9.76. The van der Waals surface area contributed by atoms with Crippen LogP contribution < -0.4 is 0 Å². The predicted octanol–water partition coefficient (Wildman–Crippen LogP) is 1.65. The summed E-state index contributed by atoms with van der Waals surface area (Å²) in [6.45, 7) is 2.70. The van der Waals surface area contributed by atoms with Crippen molar-refractivity contribution in [3.05, 3.63) is 41.5 Å². The zero-order chi connectivity index (χ0) is 14.4. The summed E-state index contributed by atoms with van der Waals surface area (Å²) < 4.78 is 6.50. The van der Waals surface area contributed by atoms with Crippen LogP contribution in [0.25, 0.3) is 0 Å². The van der Waals surface area contributed by atoms with Gasteiger partial charge in [0.15, 0.2) is 5.69 Å². The smallest absolute Gasteiger partial charge is 0.360 e.